The first-order chi connectivity index (χ1) is 11.1. The molecule has 6 heteroatoms. The third-order valence-corrected chi connectivity index (χ3v) is 3.75. The van der Waals surface area contributed by atoms with Crippen LogP contribution in [0.4, 0.5) is 0 Å². The van der Waals surface area contributed by atoms with Gasteiger partial charge in [-0.1, -0.05) is 24.3 Å². The van der Waals surface area contributed by atoms with Crippen molar-refractivity contribution < 1.29 is 4.79 Å². The van der Waals surface area contributed by atoms with E-state index < -0.39 is 5.91 Å². The van der Waals surface area contributed by atoms with Crippen LogP contribution in [-0.4, -0.2) is 27.6 Å². The molecule has 0 saturated heterocycles. The number of pyridine rings is 1. The Balaban J connectivity index is 2.28. The summed E-state index contributed by atoms with van der Waals surface area (Å²) in [7, 11) is 0. The van der Waals surface area contributed by atoms with E-state index in [4.69, 9.17) is 11.5 Å². The molecule has 0 spiro atoms. The monoisotopic (exact) mass is 307 g/mol. The predicted molar refractivity (Wildman–Crippen MR) is 88.8 cm³/mol. The number of fused-ring (bicyclic) bond motifs is 1. The van der Waals surface area contributed by atoms with Gasteiger partial charge in [-0.25, -0.2) is 0 Å². The Labute approximate surface area is 133 Å². The molecule has 2 heterocycles. The molecule has 0 bridgehead atoms. The van der Waals surface area contributed by atoms with Crippen LogP contribution in [-0.2, 0) is 6.42 Å². The van der Waals surface area contributed by atoms with Gasteiger partial charge in [0.1, 0.15) is 5.52 Å². The van der Waals surface area contributed by atoms with E-state index in [0.717, 1.165) is 27.8 Å². The molecule has 1 amide bonds. The highest BCUT2D eigenvalue weighted by Gasteiger charge is 2.16. The molecule has 4 N–H and O–H groups in total. The standard InChI is InChI=1S/C17H17N5O/c1-10-5-6-11(9-20-10)12-3-2-4-13-14(7-8-18)16(17(19)23)22-21-15(12)13/h2-6,9H,7-8,18H2,1H3,(H2,19,23). The number of amides is 1. The molecule has 0 aliphatic heterocycles. The quantitative estimate of drug-likeness (QED) is 0.761. The third-order valence-electron chi connectivity index (χ3n) is 3.75. The number of aryl methyl sites for hydroxylation is 1. The number of primary amides is 1. The van der Waals surface area contributed by atoms with E-state index >= 15 is 0 Å². The molecule has 0 saturated carbocycles. The Morgan fingerprint density at radius 2 is 2.00 bits per heavy atom. The zero-order valence-electron chi connectivity index (χ0n) is 12.8. The summed E-state index contributed by atoms with van der Waals surface area (Å²) in [4.78, 5) is 15.9. The molecular formula is C17H17N5O. The van der Waals surface area contributed by atoms with Gasteiger partial charge in [-0.15, -0.1) is 10.2 Å². The summed E-state index contributed by atoms with van der Waals surface area (Å²) in [5, 5.41) is 9.10. The maximum atomic E-state index is 11.6. The molecule has 23 heavy (non-hydrogen) atoms. The highest BCUT2D eigenvalue weighted by Crippen LogP contribution is 2.29. The molecule has 0 radical (unpaired) electrons. The van der Waals surface area contributed by atoms with E-state index in [1.165, 1.54) is 0 Å². The van der Waals surface area contributed by atoms with Crippen LogP contribution in [0.3, 0.4) is 0 Å². The van der Waals surface area contributed by atoms with Crippen molar-refractivity contribution in [2.45, 2.75) is 13.3 Å². The van der Waals surface area contributed by atoms with Crippen LogP contribution in [0.15, 0.2) is 36.5 Å². The van der Waals surface area contributed by atoms with Crippen LogP contribution < -0.4 is 11.5 Å². The number of carbonyl (C=O) groups is 1. The van der Waals surface area contributed by atoms with Gasteiger partial charge in [0.2, 0.25) is 0 Å². The van der Waals surface area contributed by atoms with E-state index in [1.807, 2.05) is 37.3 Å². The zero-order valence-corrected chi connectivity index (χ0v) is 12.8. The van der Waals surface area contributed by atoms with Gasteiger partial charge in [0.05, 0.1) is 0 Å². The maximum absolute atomic E-state index is 11.6. The average molecular weight is 307 g/mol. The lowest BCUT2D eigenvalue weighted by molar-refractivity contribution is 0.0994. The third kappa shape index (κ3) is 2.76. The van der Waals surface area contributed by atoms with Gasteiger partial charge in [-0.2, -0.15) is 0 Å². The average Bonchev–Trinajstić information content (AvgIpc) is 2.55. The minimum absolute atomic E-state index is 0.183. The number of hydrogen-bond acceptors (Lipinski definition) is 5. The highest BCUT2D eigenvalue weighted by atomic mass is 16.1. The number of benzene rings is 1. The number of rotatable bonds is 4. The summed E-state index contributed by atoms with van der Waals surface area (Å²) in [5.41, 5.74) is 15.5. The van der Waals surface area contributed by atoms with Crippen molar-refractivity contribution in [1.29, 1.82) is 0 Å². The SMILES string of the molecule is Cc1ccc(-c2cccc3c(CCN)c(C(N)=O)nnc23)cn1. The summed E-state index contributed by atoms with van der Waals surface area (Å²) in [5.74, 6) is -0.592. The largest absolute Gasteiger partial charge is 0.364 e. The summed E-state index contributed by atoms with van der Waals surface area (Å²) in [6, 6.07) is 9.72. The van der Waals surface area contributed by atoms with E-state index in [2.05, 4.69) is 15.2 Å². The van der Waals surface area contributed by atoms with Crippen molar-refractivity contribution in [3.05, 3.63) is 53.5 Å². The smallest absolute Gasteiger partial charge is 0.269 e. The van der Waals surface area contributed by atoms with E-state index in [9.17, 15) is 4.79 Å². The van der Waals surface area contributed by atoms with Crippen LogP contribution in [0.2, 0.25) is 0 Å². The van der Waals surface area contributed by atoms with Crippen LogP contribution in [0, 0.1) is 6.92 Å². The molecule has 1 aromatic carbocycles. The molecule has 3 rings (SSSR count). The van der Waals surface area contributed by atoms with Crippen LogP contribution in [0.1, 0.15) is 21.7 Å². The predicted octanol–water partition coefficient (Wildman–Crippen LogP) is 1.60. The number of aromatic nitrogens is 3. The van der Waals surface area contributed by atoms with E-state index in [0.29, 0.717) is 18.5 Å². The van der Waals surface area contributed by atoms with Crippen molar-refractivity contribution in [3.8, 4) is 11.1 Å². The van der Waals surface area contributed by atoms with Gasteiger partial charge in [-0.3, -0.25) is 9.78 Å². The lowest BCUT2D eigenvalue weighted by atomic mass is 9.98. The number of carbonyl (C=O) groups excluding carboxylic acids is 1. The van der Waals surface area contributed by atoms with Crippen LogP contribution in [0.5, 0.6) is 0 Å². The van der Waals surface area contributed by atoms with Gasteiger partial charge < -0.3 is 11.5 Å². The molecule has 3 aromatic rings. The molecule has 0 aliphatic rings. The van der Waals surface area contributed by atoms with Crippen LogP contribution >= 0.6 is 0 Å². The molecule has 0 atom stereocenters. The first kappa shape index (κ1) is 15.1. The minimum atomic E-state index is -0.592. The van der Waals surface area contributed by atoms with Gasteiger partial charge in [-0.05, 0) is 31.5 Å². The van der Waals surface area contributed by atoms with Crippen molar-refractivity contribution in [2.75, 3.05) is 6.54 Å². The summed E-state index contributed by atoms with van der Waals surface area (Å²) < 4.78 is 0. The van der Waals surface area contributed by atoms with Gasteiger partial charge in [0.15, 0.2) is 5.69 Å². The highest BCUT2D eigenvalue weighted by molar-refractivity contribution is 6.01. The first-order valence-corrected chi connectivity index (χ1v) is 7.33. The second-order valence-electron chi connectivity index (χ2n) is 5.32. The van der Waals surface area contributed by atoms with Gasteiger partial charge in [0.25, 0.3) is 5.91 Å². The number of nitrogens with two attached hydrogens (primary N) is 2. The minimum Gasteiger partial charge on any atom is -0.364 e. The van der Waals surface area contributed by atoms with Crippen molar-refractivity contribution >= 4 is 16.8 Å². The fraction of sp³-hybridized carbons (Fsp3) is 0.176. The second-order valence-corrected chi connectivity index (χ2v) is 5.32. The summed E-state index contributed by atoms with van der Waals surface area (Å²) in [6.45, 7) is 2.34. The number of nitrogens with zero attached hydrogens (tertiary/aromatic N) is 3. The van der Waals surface area contributed by atoms with Gasteiger partial charge >= 0.3 is 0 Å². The van der Waals surface area contributed by atoms with Crippen molar-refractivity contribution in [2.24, 2.45) is 11.5 Å². The lowest BCUT2D eigenvalue weighted by Gasteiger charge is -2.11. The molecular weight excluding hydrogens is 290 g/mol. The lowest BCUT2D eigenvalue weighted by Crippen LogP contribution is -2.19. The Kier molecular flexibility index (Phi) is 3.99. The zero-order chi connectivity index (χ0) is 16.4. The summed E-state index contributed by atoms with van der Waals surface area (Å²) in [6.07, 6.45) is 2.32. The number of hydrogen-bond donors (Lipinski definition) is 2. The molecule has 6 nitrogen and oxygen atoms in total. The Hall–Kier alpha value is -2.86. The normalized spacial score (nSPS) is 10.9. The van der Waals surface area contributed by atoms with Crippen molar-refractivity contribution in [1.82, 2.24) is 15.2 Å². The Bertz CT molecular complexity index is 874. The Morgan fingerprint density at radius 3 is 2.65 bits per heavy atom. The molecule has 0 unspecified atom stereocenters. The first-order valence-electron chi connectivity index (χ1n) is 7.33. The van der Waals surface area contributed by atoms with Gasteiger partial charge in [0, 0.05) is 28.4 Å². The molecule has 2 aromatic heterocycles. The van der Waals surface area contributed by atoms with Crippen LogP contribution in [0.25, 0.3) is 22.0 Å². The second kappa shape index (κ2) is 6.10. The maximum Gasteiger partial charge on any atom is 0.269 e. The van der Waals surface area contributed by atoms with E-state index in [-0.39, 0.29) is 5.69 Å². The van der Waals surface area contributed by atoms with Crippen molar-refractivity contribution in [3.63, 3.8) is 0 Å². The Morgan fingerprint density at radius 1 is 1.17 bits per heavy atom. The fourth-order valence-corrected chi connectivity index (χ4v) is 2.64. The topological polar surface area (TPSA) is 108 Å². The molecule has 0 aliphatic carbocycles. The summed E-state index contributed by atoms with van der Waals surface area (Å²) >= 11 is 0. The van der Waals surface area contributed by atoms with E-state index in [1.54, 1.807) is 6.20 Å². The molecule has 0 fully saturated rings. The fourth-order valence-electron chi connectivity index (χ4n) is 2.64. The molecule has 116 valence electrons.